The minimum atomic E-state index is 0.122. The van der Waals surface area contributed by atoms with Crippen LogP contribution in [0.4, 0.5) is 0 Å². The molecule has 0 N–H and O–H groups in total. The summed E-state index contributed by atoms with van der Waals surface area (Å²) in [5.74, 6) is 0.314. The van der Waals surface area contributed by atoms with Crippen LogP contribution in [0.25, 0.3) is 0 Å². The van der Waals surface area contributed by atoms with E-state index in [-0.39, 0.29) is 5.60 Å². The minimum absolute atomic E-state index is 0.122. The van der Waals surface area contributed by atoms with Crippen molar-refractivity contribution >= 4 is 5.78 Å². The lowest BCUT2D eigenvalue weighted by molar-refractivity contribution is -0.115. The van der Waals surface area contributed by atoms with Crippen molar-refractivity contribution in [1.82, 2.24) is 0 Å². The molecule has 78 valence electrons. The van der Waals surface area contributed by atoms with Crippen molar-refractivity contribution in [1.29, 1.82) is 0 Å². The molecule has 0 aromatic carbocycles. The van der Waals surface area contributed by atoms with Crippen LogP contribution in [0.2, 0.25) is 0 Å². The first-order valence-corrected chi connectivity index (χ1v) is 5.49. The Hall–Kier alpha value is -0.630. The highest BCUT2D eigenvalue weighted by Gasteiger charge is 2.50. The van der Waals surface area contributed by atoms with E-state index in [1.54, 1.807) is 0 Å². The summed E-state index contributed by atoms with van der Waals surface area (Å²) in [4.78, 5) is 11.5. The van der Waals surface area contributed by atoms with Crippen LogP contribution in [0.15, 0.2) is 11.6 Å². The molecule has 1 saturated heterocycles. The number of hydrogen-bond acceptors (Lipinski definition) is 2. The van der Waals surface area contributed by atoms with Gasteiger partial charge in [-0.2, -0.15) is 0 Å². The monoisotopic (exact) mass is 194 g/mol. The van der Waals surface area contributed by atoms with Gasteiger partial charge >= 0.3 is 0 Å². The van der Waals surface area contributed by atoms with Crippen molar-refractivity contribution in [3.05, 3.63) is 11.6 Å². The second-order valence-electron chi connectivity index (χ2n) is 4.66. The maximum atomic E-state index is 11.5. The predicted octanol–water partition coefficient (Wildman–Crippen LogP) is 2.62. The standard InChI is InChI=1S/C12H18O2/c1-9-5-4-8-12(2)11(14-12)7-3-6-10(9)13/h5,11H,3-4,6-8H2,1-2H3/b9-5-/t11-,12-/m0/s1. The molecule has 0 saturated carbocycles. The van der Waals surface area contributed by atoms with Crippen molar-refractivity contribution in [3.63, 3.8) is 0 Å². The van der Waals surface area contributed by atoms with Crippen LogP contribution >= 0.6 is 0 Å². The maximum absolute atomic E-state index is 11.5. The lowest BCUT2D eigenvalue weighted by atomic mass is 9.94. The van der Waals surface area contributed by atoms with Gasteiger partial charge in [0, 0.05) is 6.42 Å². The highest BCUT2D eigenvalue weighted by molar-refractivity contribution is 5.94. The molecule has 0 radical (unpaired) electrons. The zero-order valence-electron chi connectivity index (χ0n) is 9.01. The summed E-state index contributed by atoms with van der Waals surface area (Å²) in [5, 5.41) is 0. The molecule has 2 heteroatoms. The van der Waals surface area contributed by atoms with Crippen LogP contribution in [0.1, 0.15) is 46.0 Å². The van der Waals surface area contributed by atoms with Crippen LogP contribution < -0.4 is 0 Å². The number of ether oxygens (including phenoxy) is 1. The molecule has 0 spiro atoms. The molecule has 2 atom stereocenters. The lowest BCUT2D eigenvalue weighted by Gasteiger charge is -2.07. The Morgan fingerprint density at radius 3 is 3.14 bits per heavy atom. The van der Waals surface area contributed by atoms with Crippen LogP contribution in [-0.4, -0.2) is 17.5 Å². The van der Waals surface area contributed by atoms with Gasteiger partial charge in [0.15, 0.2) is 5.78 Å². The number of carbonyl (C=O) groups is 1. The second-order valence-corrected chi connectivity index (χ2v) is 4.66. The van der Waals surface area contributed by atoms with E-state index in [2.05, 4.69) is 13.0 Å². The Bertz CT molecular complexity index is 280. The highest BCUT2D eigenvalue weighted by atomic mass is 16.6. The van der Waals surface area contributed by atoms with E-state index in [4.69, 9.17) is 4.74 Å². The fourth-order valence-corrected chi connectivity index (χ4v) is 2.21. The molecule has 2 nitrogen and oxygen atoms in total. The summed E-state index contributed by atoms with van der Waals surface area (Å²) in [6.45, 7) is 4.11. The average molecular weight is 194 g/mol. The quantitative estimate of drug-likeness (QED) is 0.555. The van der Waals surface area contributed by atoms with Gasteiger partial charge in [0.25, 0.3) is 0 Å². The number of fused-ring (bicyclic) bond motifs is 1. The van der Waals surface area contributed by atoms with Gasteiger partial charge in [-0.3, -0.25) is 4.79 Å². The number of carbonyl (C=O) groups excluding carboxylic acids is 1. The van der Waals surface area contributed by atoms with Crippen molar-refractivity contribution in [2.75, 3.05) is 0 Å². The Kier molecular flexibility index (Phi) is 2.48. The Morgan fingerprint density at radius 2 is 2.36 bits per heavy atom. The zero-order valence-corrected chi connectivity index (χ0v) is 9.01. The van der Waals surface area contributed by atoms with Gasteiger partial charge in [-0.25, -0.2) is 0 Å². The summed E-state index contributed by atoms with van der Waals surface area (Å²) in [5.41, 5.74) is 1.06. The van der Waals surface area contributed by atoms with E-state index in [1.807, 2.05) is 6.92 Å². The van der Waals surface area contributed by atoms with Crippen LogP contribution in [0.3, 0.4) is 0 Å². The highest BCUT2D eigenvalue weighted by Crippen LogP contribution is 2.43. The van der Waals surface area contributed by atoms with Gasteiger partial charge < -0.3 is 4.74 Å². The number of Topliss-reactive ketones (excluding diaryl/α,β-unsaturated/α-hetero) is 1. The fraction of sp³-hybridized carbons (Fsp3) is 0.750. The van der Waals surface area contributed by atoms with Crippen LogP contribution in [0, 0.1) is 0 Å². The van der Waals surface area contributed by atoms with Gasteiger partial charge in [0.1, 0.15) is 0 Å². The molecule has 1 aliphatic carbocycles. The molecule has 1 aliphatic heterocycles. The van der Waals surface area contributed by atoms with E-state index in [0.717, 1.165) is 31.3 Å². The van der Waals surface area contributed by atoms with E-state index in [9.17, 15) is 4.79 Å². The topological polar surface area (TPSA) is 29.6 Å². The SMILES string of the molecule is C/C1=C/CC[C@]2(C)O[C@H]2CCCC1=O. The molecule has 1 fully saturated rings. The Morgan fingerprint density at radius 1 is 1.57 bits per heavy atom. The Labute approximate surface area is 85.3 Å². The number of allylic oxidation sites excluding steroid dienone is 2. The molecule has 2 rings (SSSR count). The fourth-order valence-electron chi connectivity index (χ4n) is 2.21. The first kappa shape index (κ1) is 9.91. The normalized spacial score (nSPS) is 42.3. The average Bonchev–Trinajstić information content (AvgIpc) is 2.76. The number of epoxide rings is 1. The van der Waals surface area contributed by atoms with Crippen molar-refractivity contribution < 1.29 is 9.53 Å². The van der Waals surface area contributed by atoms with E-state index >= 15 is 0 Å². The summed E-state index contributed by atoms with van der Waals surface area (Å²) in [7, 11) is 0. The minimum Gasteiger partial charge on any atom is -0.366 e. The molecular formula is C12H18O2. The third-order valence-corrected chi connectivity index (χ3v) is 3.44. The van der Waals surface area contributed by atoms with E-state index < -0.39 is 0 Å². The molecule has 0 bridgehead atoms. The number of hydrogen-bond donors (Lipinski definition) is 0. The summed E-state index contributed by atoms with van der Waals surface area (Å²) in [6, 6.07) is 0. The first-order chi connectivity index (χ1) is 6.62. The Balaban J connectivity index is 2.03. The van der Waals surface area contributed by atoms with Crippen molar-refractivity contribution in [2.45, 2.75) is 57.7 Å². The zero-order chi connectivity index (χ0) is 10.2. The largest absolute Gasteiger partial charge is 0.366 e. The second kappa shape index (κ2) is 3.50. The molecule has 0 unspecified atom stereocenters. The van der Waals surface area contributed by atoms with E-state index in [0.29, 0.717) is 18.3 Å². The summed E-state index contributed by atoms with van der Waals surface area (Å²) >= 11 is 0. The summed E-state index contributed by atoms with van der Waals surface area (Å²) in [6.07, 6.45) is 7.24. The molecule has 14 heavy (non-hydrogen) atoms. The third-order valence-electron chi connectivity index (χ3n) is 3.44. The third kappa shape index (κ3) is 1.90. The molecular weight excluding hydrogens is 176 g/mol. The van der Waals surface area contributed by atoms with Crippen molar-refractivity contribution in [2.24, 2.45) is 0 Å². The predicted molar refractivity (Wildman–Crippen MR) is 55.1 cm³/mol. The lowest BCUT2D eigenvalue weighted by Crippen LogP contribution is -2.11. The molecule has 1 heterocycles. The van der Waals surface area contributed by atoms with Crippen LogP contribution in [-0.2, 0) is 9.53 Å². The van der Waals surface area contributed by atoms with Gasteiger partial charge in [0.05, 0.1) is 11.7 Å². The van der Waals surface area contributed by atoms with Gasteiger partial charge in [-0.1, -0.05) is 6.08 Å². The number of ketones is 1. The molecule has 2 aliphatic rings. The van der Waals surface area contributed by atoms with Gasteiger partial charge in [-0.15, -0.1) is 0 Å². The van der Waals surface area contributed by atoms with Crippen molar-refractivity contribution in [3.8, 4) is 0 Å². The van der Waals surface area contributed by atoms with E-state index in [1.165, 1.54) is 0 Å². The first-order valence-electron chi connectivity index (χ1n) is 5.49. The number of rotatable bonds is 0. The summed E-state index contributed by atoms with van der Waals surface area (Å²) < 4.78 is 5.67. The molecule has 0 aromatic heterocycles. The molecule has 0 amide bonds. The maximum Gasteiger partial charge on any atom is 0.158 e. The molecule has 0 aromatic rings. The smallest absolute Gasteiger partial charge is 0.158 e. The van der Waals surface area contributed by atoms with Crippen LogP contribution in [0.5, 0.6) is 0 Å². The van der Waals surface area contributed by atoms with Gasteiger partial charge in [0.2, 0.25) is 0 Å². The van der Waals surface area contributed by atoms with Gasteiger partial charge in [-0.05, 0) is 45.1 Å².